The summed E-state index contributed by atoms with van der Waals surface area (Å²) in [5.41, 5.74) is 2.60. The van der Waals surface area contributed by atoms with Gasteiger partial charge in [0, 0.05) is 23.4 Å². The Bertz CT molecular complexity index is 624. The van der Waals surface area contributed by atoms with E-state index in [1.807, 2.05) is 19.1 Å². The summed E-state index contributed by atoms with van der Waals surface area (Å²) in [6.45, 7) is 3.71. The third-order valence-electron chi connectivity index (χ3n) is 3.17. The molecule has 0 spiro atoms. The molecule has 1 atom stereocenters. The number of phenols is 1. The predicted molar refractivity (Wildman–Crippen MR) is 78.0 cm³/mol. The van der Waals surface area contributed by atoms with Crippen molar-refractivity contribution in [2.24, 2.45) is 0 Å². The standard InChI is InChI=1S/C15H16N2O3/c1-10-9-13(5-8-15(10)17(19)20)16-11(2)12-3-6-14(18)7-4-12/h3-9,11,16,18H,1-2H3. The second kappa shape index (κ2) is 5.61. The van der Waals surface area contributed by atoms with E-state index in [9.17, 15) is 15.2 Å². The summed E-state index contributed by atoms with van der Waals surface area (Å²) in [6.07, 6.45) is 0. The molecule has 0 bridgehead atoms. The van der Waals surface area contributed by atoms with E-state index in [0.717, 1.165) is 11.3 Å². The summed E-state index contributed by atoms with van der Waals surface area (Å²) >= 11 is 0. The van der Waals surface area contributed by atoms with Gasteiger partial charge in [-0.3, -0.25) is 10.1 Å². The van der Waals surface area contributed by atoms with Crippen molar-refractivity contribution < 1.29 is 10.0 Å². The first kappa shape index (κ1) is 13.9. The smallest absolute Gasteiger partial charge is 0.272 e. The highest BCUT2D eigenvalue weighted by Crippen LogP contribution is 2.25. The van der Waals surface area contributed by atoms with Crippen LogP contribution in [0.15, 0.2) is 42.5 Å². The molecule has 0 saturated carbocycles. The van der Waals surface area contributed by atoms with Gasteiger partial charge in [0.1, 0.15) is 5.75 Å². The maximum Gasteiger partial charge on any atom is 0.272 e. The molecule has 2 aromatic carbocycles. The Morgan fingerprint density at radius 2 is 1.85 bits per heavy atom. The van der Waals surface area contributed by atoms with Crippen LogP contribution in [0, 0.1) is 17.0 Å². The van der Waals surface area contributed by atoms with Crippen LogP contribution >= 0.6 is 0 Å². The number of benzene rings is 2. The largest absolute Gasteiger partial charge is 0.508 e. The topological polar surface area (TPSA) is 75.4 Å². The van der Waals surface area contributed by atoms with Gasteiger partial charge in [-0.25, -0.2) is 0 Å². The number of hydrogen-bond donors (Lipinski definition) is 2. The van der Waals surface area contributed by atoms with Crippen molar-refractivity contribution in [2.75, 3.05) is 5.32 Å². The molecular formula is C15H16N2O3. The maximum absolute atomic E-state index is 10.8. The minimum atomic E-state index is -0.386. The summed E-state index contributed by atoms with van der Waals surface area (Å²) < 4.78 is 0. The van der Waals surface area contributed by atoms with Crippen LogP contribution in [0.5, 0.6) is 5.75 Å². The highest BCUT2D eigenvalue weighted by molar-refractivity contribution is 5.54. The molecule has 0 saturated heterocycles. The first-order chi connectivity index (χ1) is 9.47. The lowest BCUT2D eigenvalue weighted by Crippen LogP contribution is -2.06. The average molecular weight is 272 g/mol. The first-order valence-electron chi connectivity index (χ1n) is 6.28. The van der Waals surface area contributed by atoms with Crippen molar-refractivity contribution in [1.29, 1.82) is 0 Å². The lowest BCUT2D eigenvalue weighted by atomic mass is 10.1. The van der Waals surface area contributed by atoms with Crippen LogP contribution < -0.4 is 5.32 Å². The van der Waals surface area contributed by atoms with E-state index < -0.39 is 0 Å². The molecule has 2 N–H and O–H groups in total. The van der Waals surface area contributed by atoms with Gasteiger partial charge < -0.3 is 10.4 Å². The fourth-order valence-corrected chi connectivity index (χ4v) is 2.05. The molecule has 0 heterocycles. The van der Waals surface area contributed by atoms with E-state index in [1.54, 1.807) is 31.2 Å². The van der Waals surface area contributed by atoms with E-state index in [1.165, 1.54) is 6.07 Å². The van der Waals surface area contributed by atoms with Gasteiger partial charge in [-0.15, -0.1) is 0 Å². The van der Waals surface area contributed by atoms with Crippen LogP contribution in [0.2, 0.25) is 0 Å². The molecule has 0 amide bonds. The molecule has 0 aliphatic rings. The van der Waals surface area contributed by atoms with Crippen molar-refractivity contribution in [1.82, 2.24) is 0 Å². The number of aromatic hydroxyl groups is 1. The van der Waals surface area contributed by atoms with E-state index in [0.29, 0.717) is 5.56 Å². The van der Waals surface area contributed by atoms with E-state index >= 15 is 0 Å². The first-order valence-corrected chi connectivity index (χ1v) is 6.28. The Labute approximate surface area is 117 Å². The molecule has 2 aromatic rings. The van der Waals surface area contributed by atoms with Gasteiger partial charge in [0.05, 0.1) is 4.92 Å². The molecule has 2 rings (SSSR count). The minimum Gasteiger partial charge on any atom is -0.508 e. The number of nitro benzene ring substituents is 1. The quantitative estimate of drug-likeness (QED) is 0.656. The van der Waals surface area contributed by atoms with Gasteiger partial charge >= 0.3 is 0 Å². The van der Waals surface area contributed by atoms with Crippen LogP contribution in [0.1, 0.15) is 24.1 Å². The number of rotatable bonds is 4. The zero-order valence-corrected chi connectivity index (χ0v) is 11.3. The molecule has 5 heteroatoms. The summed E-state index contributed by atoms with van der Waals surface area (Å²) in [4.78, 5) is 10.4. The molecule has 0 aromatic heterocycles. The molecule has 5 nitrogen and oxygen atoms in total. The Hall–Kier alpha value is -2.56. The number of nitrogens with one attached hydrogen (secondary N) is 1. The fourth-order valence-electron chi connectivity index (χ4n) is 2.05. The van der Waals surface area contributed by atoms with Crippen molar-refractivity contribution in [3.05, 3.63) is 63.7 Å². The van der Waals surface area contributed by atoms with Gasteiger partial charge in [0.2, 0.25) is 0 Å². The van der Waals surface area contributed by atoms with Gasteiger partial charge in [-0.1, -0.05) is 12.1 Å². The predicted octanol–water partition coefficient (Wildman–Crippen LogP) is 3.78. The number of aryl methyl sites for hydroxylation is 1. The third-order valence-corrected chi connectivity index (χ3v) is 3.17. The van der Waals surface area contributed by atoms with Crippen molar-refractivity contribution in [3.8, 4) is 5.75 Å². The summed E-state index contributed by atoms with van der Waals surface area (Å²) in [5, 5.41) is 23.3. The SMILES string of the molecule is Cc1cc(NC(C)c2ccc(O)cc2)ccc1[N+](=O)[O-]. The fraction of sp³-hybridized carbons (Fsp3) is 0.200. The zero-order valence-electron chi connectivity index (χ0n) is 11.3. The van der Waals surface area contributed by atoms with Crippen LogP contribution in [0.25, 0.3) is 0 Å². The maximum atomic E-state index is 10.8. The highest BCUT2D eigenvalue weighted by atomic mass is 16.6. The van der Waals surface area contributed by atoms with Crippen molar-refractivity contribution in [2.45, 2.75) is 19.9 Å². The summed E-state index contributed by atoms with van der Waals surface area (Å²) in [5.74, 6) is 0.229. The molecule has 0 radical (unpaired) electrons. The number of phenolic OH excluding ortho intramolecular Hbond substituents is 1. The van der Waals surface area contributed by atoms with Gasteiger partial charge in [-0.05, 0) is 43.7 Å². The summed E-state index contributed by atoms with van der Waals surface area (Å²) in [7, 11) is 0. The Morgan fingerprint density at radius 3 is 2.40 bits per heavy atom. The van der Waals surface area contributed by atoms with Crippen molar-refractivity contribution >= 4 is 11.4 Å². The zero-order chi connectivity index (χ0) is 14.7. The number of anilines is 1. The second-order valence-electron chi connectivity index (χ2n) is 4.72. The van der Waals surface area contributed by atoms with Gasteiger partial charge in [0.15, 0.2) is 0 Å². The third kappa shape index (κ3) is 3.06. The Kier molecular flexibility index (Phi) is 3.89. The van der Waals surface area contributed by atoms with E-state index in [4.69, 9.17) is 0 Å². The molecular weight excluding hydrogens is 256 g/mol. The lowest BCUT2D eigenvalue weighted by molar-refractivity contribution is -0.385. The number of nitrogens with zero attached hydrogens (tertiary/aromatic N) is 1. The van der Waals surface area contributed by atoms with Gasteiger partial charge in [0.25, 0.3) is 5.69 Å². The minimum absolute atomic E-state index is 0.0384. The van der Waals surface area contributed by atoms with E-state index in [2.05, 4.69) is 5.32 Å². The average Bonchev–Trinajstić information content (AvgIpc) is 2.39. The molecule has 20 heavy (non-hydrogen) atoms. The molecule has 1 unspecified atom stereocenters. The van der Waals surface area contributed by atoms with Crippen molar-refractivity contribution in [3.63, 3.8) is 0 Å². The van der Waals surface area contributed by atoms with Crippen LogP contribution in [0.3, 0.4) is 0 Å². The van der Waals surface area contributed by atoms with Crippen LogP contribution in [0.4, 0.5) is 11.4 Å². The van der Waals surface area contributed by atoms with E-state index in [-0.39, 0.29) is 22.4 Å². The number of hydrogen-bond acceptors (Lipinski definition) is 4. The lowest BCUT2D eigenvalue weighted by Gasteiger charge is -2.16. The molecule has 0 aliphatic carbocycles. The van der Waals surface area contributed by atoms with Gasteiger partial charge in [-0.2, -0.15) is 0 Å². The highest BCUT2D eigenvalue weighted by Gasteiger charge is 2.11. The van der Waals surface area contributed by atoms with Crippen LogP contribution in [-0.2, 0) is 0 Å². The molecule has 0 aliphatic heterocycles. The Morgan fingerprint density at radius 1 is 1.20 bits per heavy atom. The monoisotopic (exact) mass is 272 g/mol. The second-order valence-corrected chi connectivity index (χ2v) is 4.72. The molecule has 104 valence electrons. The summed E-state index contributed by atoms with van der Waals surface area (Å²) in [6, 6.07) is 11.9. The molecule has 0 fully saturated rings. The number of nitro groups is 1. The Balaban J connectivity index is 2.15. The van der Waals surface area contributed by atoms with Crippen LogP contribution in [-0.4, -0.2) is 10.0 Å². The normalized spacial score (nSPS) is 11.9.